The van der Waals surface area contributed by atoms with Gasteiger partial charge in [-0.15, -0.1) is 11.3 Å². The third kappa shape index (κ3) is 6.92. The van der Waals surface area contributed by atoms with Gasteiger partial charge in [0.25, 0.3) is 0 Å². The third-order valence-corrected chi connectivity index (χ3v) is 11.9. The van der Waals surface area contributed by atoms with E-state index >= 15 is 0 Å². The van der Waals surface area contributed by atoms with Gasteiger partial charge < -0.3 is 0 Å². The first kappa shape index (κ1) is 36.4. The summed E-state index contributed by atoms with van der Waals surface area (Å²) in [6.07, 6.45) is 3.42. The summed E-state index contributed by atoms with van der Waals surface area (Å²) in [6.45, 7) is 35.5. The summed E-state index contributed by atoms with van der Waals surface area (Å²) < 4.78 is 2.78. The molecule has 0 saturated carbocycles. The first-order valence-electron chi connectivity index (χ1n) is 18.4. The van der Waals surface area contributed by atoms with Gasteiger partial charge in [0.15, 0.2) is 0 Å². The van der Waals surface area contributed by atoms with Crippen LogP contribution in [0.2, 0.25) is 0 Å². The molecule has 1 heteroatoms. The molecule has 0 amide bonds. The Kier molecular flexibility index (Phi) is 9.44. The van der Waals surface area contributed by atoms with Crippen molar-refractivity contribution in [3.8, 4) is 22.3 Å². The van der Waals surface area contributed by atoms with E-state index in [-0.39, 0.29) is 27.1 Å². The normalized spacial score (nSPS) is 14.6. The van der Waals surface area contributed by atoms with E-state index in [1.54, 1.807) is 0 Å². The van der Waals surface area contributed by atoms with Crippen LogP contribution >= 0.6 is 11.3 Å². The van der Waals surface area contributed by atoms with Gasteiger partial charge >= 0.3 is 0 Å². The molecule has 256 valence electrons. The number of rotatable bonds is 6. The Morgan fingerprint density at radius 1 is 0.479 bits per heavy atom. The molecule has 1 atom stereocenters. The topological polar surface area (TPSA) is 0 Å². The van der Waals surface area contributed by atoms with Crippen LogP contribution in [0.4, 0.5) is 0 Å². The number of hydrogen-bond acceptors (Lipinski definition) is 1. The second-order valence-electron chi connectivity index (χ2n) is 18.9. The molecule has 4 aromatic carbocycles. The minimum atomic E-state index is 0.0359. The van der Waals surface area contributed by atoms with Crippen molar-refractivity contribution < 1.29 is 0 Å². The zero-order chi connectivity index (χ0) is 35.6. The Labute approximate surface area is 297 Å². The maximum Gasteiger partial charge on any atom is 0.0361 e. The predicted octanol–water partition coefficient (Wildman–Crippen LogP) is 15.0. The van der Waals surface area contributed by atoms with E-state index in [0.717, 1.165) is 19.3 Å². The zero-order valence-electron chi connectivity index (χ0n) is 32.9. The van der Waals surface area contributed by atoms with Crippen molar-refractivity contribution >= 4 is 31.5 Å². The first-order valence-corrected chi connectivity index (χ1v) is 19.2. The molecule has 0 N–H and O–H groups in total. The highest BCUT2D eigenvalue weighted by Gasteiger charge is 2.32. The van der Waals surface area contributed by atoms with E-state index in [2.05, 4.69) is 171 Å². The summed E-state index contributed by atoms with van der Waals surface area (Å²) in [7, 11) is 0. The largest absolute Gasteiger partial charge is 0.135 e. The molecular formula is C47H62S. The molecule has 1 unspecified atom stereocenters. The Bertz CT molecular complexity index is 1890. The fourth-order valence-corrected chi connectivity index (χ4v) is 8.49. The van der Waals surface area contributed by atoms with E-state index in [4.69, 9.17) is 0 Å². The summed E-state index contributed by atoms with van der Waals surface area (Å²) in [6, 6.07) is 26.8. The summed E-state index contributed by atoms with van der Waals surface area (Å²) >= 11 is 1.97. The van der Waals surface area contributed by atoms with Crippen LogP contribution in [0.1, 0.15) is 151 Å². The van der Waals surface area contributed by atoms with E-state index < -0.39 is 0 Å². The highest BCUT2D eigenvalue weighted by Crippen LogP contribution is 2.51. The summed E-state index contributed by atoms with van der Waals surface area (Å²) in [5, 5.41) is 2.90. The van der Waals surface area contributed by atoms with Crippen LogP contribution in [0.3, 0.4) is 0 Å². The molecular weight excluding hydrogens is 597 g/mol. The maximum absolute atomic E-state index is 2.54. The van der Waals surface area contributed by atoms with Gasteiger partial charge in [-0.1, -0.05) is 165 Å². The lowest BCUT2D eigenvalue weighted by atomic mass is 9.70. The second-order valence-corrected chi connectivity index (χ2v) is 20.0. The van der Waals surface area contributed by atoms with Crippen molar-refractivity contribution in [2.24, 2.45) is 0 Å². The Morgan fingerprint density at radius 3 is 1.33 bits per heavy atom. The van der Waals surface area contributed by atoms with E-state index in [1.165, 1.54) is 70.2 Å². The number of benzene rings is 4. The molecule has 0 aliphatic rings. The van der Waals surface area contributed by atoms with Crippen LogP contribution in [-0.2, 0) is 27.1 Å². The minimum absolute atomic E-state index is 0.0359. The summed E-state index contributed by atoms with van der Waals surface area (Å²) in [5.41, 5.74) is 12.9. The molecule has 1 aromatic heterocycles. The number of hydrogen-bond donors (Lipinski definition) is 0. The van der Waals surface area contributed by atoms with Gasteiger partial charge in [-0.3, -0.25) is 0 Å². The van der Waals surface area contributed by atoms with E-state index in [9.17, 15) is 0 Å². The molecule has 0 aliphatic heterocycles. The van der Waals surface area contributed by atoms with E-state index in [0.29, 0.717) is 0 Å². The van der Waals surface area contributed by atoms with Gasteiger partial charge in [-0.05, 0) is 102 Å². The highest BCUT2D eigenvalue weighted by atomic mass is 32.1. The molecule has 0 fully saturated rings. The maximum atomic E-state index is 2.54. The monoisotopic (exact) mass is 658 g/mol. The van der Waals surface area contributed by atoms with Crippen LogP contribution < -0.4 is 0 Å². The standard InChI is InChI=1S/C47H62S/c1-16-23-47(15,17-2)42-37(31-26-34(45(9,10)11)29-35(27-31)46(12,13)14)21-22-39-41(42)40-36(19-18-20-38(40)48-39)30-24-32(43(3,4)5)28-33(25-30)44(6,7)8/h18-22,24-29H,16-17,23H2,1-15H3. The van der Waals surface area contributed by atoms with Crippen molar-refractivity contribution in [2.45, 2.75) is 150 Å². The lowest BCUT2D eigenvalue weighted by Crippen LogP contribution is -2.22. The Balaban J connectivity index is 1.98. The highest BCUT2D eigenvalue weighted by molar-refractivity contribution is 7.26. The van der Waals surface area contributed by atoms with Gasteiger partial charge in [-0.25, -0.2) is 0 Å². The predicted molar refractivity (Wildman–Crippen MR) is 218 cm³/mol. The van der Waals surface area contributed by atoms with Crippen LogP contribution in [-0.4, -0.2) is 0 Å². The van der Waals surface area contributed by atoms with Crippen molar-refractivity contribution in [2.75, 3.05) is 0 Å². The van der Waals surface area contributed by atoms with Gasteiger partial charge in [0.2, 0.25) is 0 Å². The average Bonchev–Trinajstić information content (AvgIpc) is 3.37. The molecule has 0 spiro atoms. The third-order valence-electron chi connectivity index (χ3n) is 10.8. The van der Waals surface area contributed by atoms with Gasteiger partial charge in [0, 0.05) is 20.2 Å². The Hall–Kier alpha value is -2.90. The zero-order valence-corrected chi connectivity index (χ0v) is 33.7. The molecule has 0 nitrogen and oxygen atoms in total. The van der Waals surface area contributed by atoms with Crippen molar-refractivity contribution in [3.05, 3.63) is 94.5 Å². The smallest absolute Gasteiger partial charge is 0.0361 e. The van der Waals surface area contributed by atoms with Crippen molar-refractivity contribution in [1.29, 1.82) is 0 Å². The molecule has 5 aromatic rings. The molecule has 5 rings (SSSR count). The summed E-state index contributed by atoms with van der Waals surface area (Å²) in [4.78, 5) is 0. The molecule has 0 radical (unpaired) electrons. The molecule has 1 heterocycles. The van der Waals surface area contributed by atoms with Crippen LogP contribution in [0.5, 0.6) is 0 Å². The first-order chi connectivity index (χ1) is 22.1. The van der Waals surface area contributed by atoms with Gasteiger partial charge in [0.1, 0.15) is 0 Å². The Morgan fingerprint density at radius 2 is 0.917 bits per heavy atom. The van der Waals surface area contributed by atoms with Crippen molar-refractivity contribution in [1.82, 2.24) is 0 Å². The van der Waals surface area contributed by atoms with Gasteiger partial charge in [-0.2, -0.15) is 0 Å². The van der Waals surface area contributed by atoms with Crippen LogP contribution in [0.25, 0.3) is 42.4 Å². The SMILES string of the molecule is CCCC(C)(CC)c1c(-c2cc(C(C)(C)C)cc(C(C)(C)C)c2)ccc2sc3cccc(-c4cc(C(C)(C)C)cc(C(C)(C)C)c4)c3c12. The average molecular weight is 659 g/mol. The molecule has 0 saturated heterocycles. The second kappa shape index (κ2) is 12.5. The lowest BCUT2D eigenvalue weighted by molar-refractivity contribution is 0.418. The fourth-order valence-electron chi connectivity index (χ4n) is 7.35. The quantitative estimate of drug-likeness (QED) is 0.170. The van der Waals surface area contributed by atoms with Crippen LogP contribution in [0.15, 0.2) is 66.7 Å². The van der Waals surface area contributed by atoms with Crippen molar-refractivity contribution in [3.63, 3.8) is 0 Å². The molecule has 48 heavy (non-hydrogen) atoms. The lowest BCUT2D eigenvalue weighted by Gasteiger charge is -2.33. The van der Waals surface area contributed by atoms with Gasteiger partial charge in [0.05, 0.1) is 0 Å². The number of fused-ring (bicyclic) bond motifs is 3. The minimum Gasteiger partial charge on any atom is -0.135 e. The fraction of sp³-hybridized carbons (Fsp3) is 0.489. The molecule has 0 aliphatic carbocycles. The molecule has 0 bridgehead atoms. The number of thiophene rings is 1. The van der Waals surface area contributed by atoms with E-state index in [1.807, 2.05) is 11.3 Å². The summed E-state index contributed by atoms with van der Waals surface area (Å²) in [5.74, 6) is 0. The van der Waals surface area contributed by atoms with Crippen LogP contribution in [0, 0.1) is 0 Å².